The fraction of sp³-hybridized carbons (Fsp3) is 0.333. The van der Waals surface area contributed by atoms with Crippen molar-refractivity contribution in [3.8, 4) is 5.88 Å². The quantitative estimate of drug-likeness (QED) is 0.408. The van der Waals surface area contributed by atoms with Crippen LogP contribution in [-0.4, -0.2) is 44.0 Å². The summed E-state index contributed by atoms with van der Waals surface area (Å²) in [6, 6.07) is 10.4. The molecule has 28 heavy (non-hydrogen) atoms. The lowest BCUT2D eigenvalue weighted by atomic mass is 10.1. The number of nitrogens with two attached hydrogens (primary N) is 2. The fourth-order valence-electron chi connectivity index (χ4n) is 3.06. The fourth-order valence-corrected chi connectivity index (χ4v) is 3.06. The van der Waals surface area contributed by atoms with Gasteiger partial charge in [0.2, 0.25) is 5.88 Å². The molecule has 0 saturated carbocycles. The third kappa shape index (κ3) is 5.09. The maximum atomic E-state index is 6.01. The second-order valence-corrected chi connectivity index (χ2v) is 6.68. The van der Waals surface area contributed by atoms with Crippen LogP contribution in [0.4, 0.5) is 5.69 Å². The predicted molar refractivity (Wildman–Crippen MR) is 115 cm³/mol. The van der Waals surface area contributed by atoms with Crippen molar-refractivity contribution in [3.05, 3.63) is 59.4 Å². The molecule has 148 valence electrons. The molecule has 0 radical (unpaired) electrons. The molecule has 1 aromatic carbocycles. The van der Waals surface area contributed by atoms with E-state index in [9.17, 15) is 0 Å². The predicted octanol–water partition coefficient (Wildman–Crippen LogP) is 1.55. The highest BCUT2D eigenvalue weighted by atomic mass is 16.5. The lowest BCUT2D eigenvalue weighted by Gasteiger charge is -2.27. The van der Waals surface area contributed by atoms with E-state index in [0.717, 1.165) is 48.4 Å². The molecule has 0 aliphatic carbocycles. The van der Waals surface area contributed by atoms with Crippen LogP contribution in [0.2, 0.25) is 0 Å². The highest BCUT2D eigenvalue weighted by Crippen LogP contribution is 2.29. The molecule has 0 fully saturated rings. The third-order valence-corrected chi connectivity index (χ3v) is 4.65. The number of anilines is 1. The van der Waals surface area contributed by atoms with Gasteiger partial charge in [-0.25, -0.2) is 4.98 Å². The first-order valence-electron chi connectivity index (χ1n) is 9.47. The van der Waals surface area contributed by atoms with Crippen LogP contribution in [0.1, 0.15) is 16.7 Å². The van der Waals surface area contributed by atoms with Crippen LogP contribution in [0.3, 0.4) is 0 Å². The zero-order valence-electron chi connectivity index (χ0n) is 16.2. The standard InChI is InChI=1S/C21H28N6O/c1-24-11-18(10-23)17-8-20-21(27-12-17)28-19(14-26-20)13-25-7-6-15-2-4-16(9-22)5-3-15/h2-5,8,10-12,19,25-26H,6-7,9,13-14,22-23H2,1H3/b18-10+,24-11?. The molecular weight excluding hydrogens is 352 g/mol. The Kier molecular flexibility index (Phi) is 7.00. The van der Waals surface area contributed by atoms with E-state index < -0.39 is 0 Å². The summed E-state index contributed by atoms with van der Waals surface area (Å²) in [6.07, 6.45) is 5.99. The number of ether oxygens (including phenoxy) is 1. The number of nitrogens with zero attached hydrogens (tertiary/aromatic N) is 2. The van der Waals surface area contributed by atoms with Crippen molar-refractivity contribution in [2.45, 2.75) is 19.1 Å². The molecule has 1 unspecified atom stereocenters. The van der Waals surface area contributed by atoms with Crippen LogP contribution < -0.4 is 26.8 Å². The van der Waals surface area contributed by atoms with Crippen molar-refractivity contribution in [2.75, 3.05) is 32.0 Å². The van der Waals surface area contributed by atoms with Gasteiger partial charge in [0.25, 0.3) is 0 Å². The van der Waals surface area contributed by atoms with Gasteiger partial charge in [-0.3, -0.25) is 4.99 Å². The Morgan fingerprint density at radius 2 is 2.14 bits per heavy atom. The summed E-state index contributed by atoms with van der Waals surface area (Å²) in [5.74, 6) is 0.615. The minimum atomic E-state index is 0.0344. The number of pyridine rings is 1. The summed E-state index contributed by atoms with van der Waals surface area (Å²) in [7, 11) is 1.71. The number of hydrogen-bond acceptors (Lipinski definition) is 7. The molecule has 2 heterocycles. The average molecular weight is 380 g/mol. The number of allylic oxidation sites excluding steroid dienone is 1. The normalized spacial score (nSPS) is 16.5. The number of fused-ring (bicyclic) bond motifs is 1. The van der Waals surface area contributed by atoms with Crippen LogP contribution in [0.25, 0.3) is 5.57 Å². The summed E-state index contributed by atoms with van der Waals surface area (Å²) in [5.41, 5.74) is 16.3. The smallest absolute Gasteiger partial charge is 0.237 e. The first kappa shape index (κ1) is 19.9. The Morgan fingerprint density at radius 1 is 1.36 bits per heavy atom. The van der Waals surface area contributed by atoms with Crippen LogP contribution >= 0.6 is 0 Å². The Balaban J connectivity index is 1.48. The van der Waals surface area contributed by atoms with Crippen molar-refractivity contribution >= 4 is 17.5 Å². The Labute approximate surface area is 165 Å². The SMILES string of the molecule is CN=C/C(=C\N)c1cnc2c(c1)NCC(CNCCc1ccc(CN)cc1)O2. The molecule has 0 spiro atoms. The van der Waals surface area contributed by atoms with E-state index >= 15 is 0 Å². The van der Waals surface area contributed by atoms with Crippen molar-refractivity contribution in [1.82, 2.24) is 10.3 Å². The molecule has 1 aliphatic rings. The number of hydrogen-bond donors (Lipinski definition) is 4. The first-order chi connectivity index (χ1) is 13.7. The molecule has 6 N–H and O–H groups in total. The molecule has 7 heteroatoms. The van der Waals surface area contributed by atoms with E-state index in [-0.39, 0.29) is 6.10 Å². The van der Waals surface area contributed by atoms with E-state index in [1.165, 1.54) is 11.8 Å². The van der Waals surface area contributed by atoms with Crippen LogP contribution in [0.15, 0.2) is 47.7 Å². The Morgan fingerprint density at radius 3 is 2.86 bits per heavy atom. The van der Waals surface area contributed by atoms with Crippen LogP contribution in [0, 0.1) is 0 Å². The molecule has 0 amide bonds. The van der Waals surface area contributed by atoms with Crippen molar-refractivity contribution in [3.63, 3.8) is 0 Å². The molecule has 1 aromatic heterocycles. The largest absolute Gasteiger partial charge is 0.470 e. The zero-order valence-corrected chi connectivity index (χ0v) is 16.2. The highest BCUT2D eigenvalue weighted by Gasteiger charge is 2.20. The Bertz CT molecular complexity index is 831. The Hall–Kier alpha value is -2.90. The zero-order chi connectivity index (χ0) is 19.8. The molecule has 0 saturated heterocycles. The number of benzene rings is 1. The summed E-state index contributed by atoms with van der Waals surface area (Å²) in [6.45, 7) is 2.95. The van der Waals surface area contributed by atoms with E-state index in [2.05, 4.69) is 44.9 Å². The number of nitrogens with one attached hydrogen (secondary N) is 2. The van der Waals surface area contributed by atoms with Crippen LogP contribution in [0.5, 0.6) is 5.88 Å². The van der Waals surface area contributed by atoms with Gasteiger partial charge in [-0.2, -0.15) is 0 Å². The summed E-state index contributed by atoms with van der Waals surface area (Å²) < 4.78 is 6.01. The van der Waals surface area contributed by atoms with Gasteiger partial charge in [0, 0.05) is 49.9 Å². The summed E-state index contributed by atoms with van der Waals surface area (Å²) in [4.78, 5) is 8.44. The average Bonchev–Trinajstić information content (AvgIpc) is 2.75. The number of aliphatic imine (C=N–C) groups is 1. The van der Waals surface area contributed by atoms with Crippen molar-refractivity contribution in [1.29, 1.82) is 0 Å². The van der Waals surface area contributed by atoms with Gasteiger partial charge in [-0.1, -0.05) is 24.3 Å². The summed E-state index contributed by atoms with van der Waals surface area (Å²) >= 11 is 0. The molecule has 0 bridgehead atoms. The highest BCUT2D eigenvalue weighted by molar-refractivity contribution is 6.09. The van der Waals surface area contributed by atoms with Gasteiger partial charge in [0.1, 0.15) is 6.10 Å². The molecular formula is C21H28N6O. The van der Waals surface area contributed by atoms with Crippen molar-refractivity contribution in [2.24, 2.45) is 16.5 Å². The molecule has 1 aliphatic heterocycles. The van der Waals surface area contributed by atoms with E-state index in [0.29, 0.717) is 12.4 Å². The second kappa shape index (κ2) is 9.87. The van der Waals surface area contributed by atoms with Gasteiger partial charge in [-0.05, 0) is 30.2 Å². The van der Waals surface area contributed by atoms with Gasteiger partial charge in [-0.15, -0.1) is 0 Å². The van der Waals surface area contributed by atoms with Crippen molar-refractivity contribution < 1.29 is 4.74 Å². The second-order valence-electron chi connectivity index (χ2n) is 6.68. The topological polar surface area (TPSA) is 111 Å². The lowest BCUT2D eigenvalue weighted by molar-refractivity contribution is 0.194. The minimum absolute atomic E-state index is 0.0344. The van der Waals surface area contributed by atoms with Crippen LogP contribution in [-0.2, 0) is 13.0 Å². The first-order valence-corrected chi connectivity index (χ1v) is 9.47. The molecule has 1 atom stereocenters. The van der Waals surface area contributed by atoms with E-state index in [4.69, 9.17) is 16.2 Å². The van der Waals surface area contributed by atoms with Gasteiger partial charge >= 0.3 is 0 Å². The number of aromatic nitrogens is 1. The van der Waals surface area contributed by atoms with E-state index in [1.54, 1.807) is 19.5 Å². The third-order valence-electron chi connectivity index (χ3n) is 4.65. The molecule has 2 aromatic rings. The molecule has 3 rings (SSSR count). The van der Waals surface area contributed by atoms with E-state index in [1.807, 2.05) is 6.07 Å². The maximum Gasteiger partial charge on any atom is 0.237 e. The lowest BCUT2D eigenvalue weighted by Crippen LogP contribution is -2.40. The summed E-state index contributed by atoms with van der Waals surface area (Å²) in [5, 5.41) is 6.85. The minimum Gasteiger partial charge on any atom is -0.470 e. The monoisotopic (exact) mass is 380 g/mol. The maximum absolute atomic E-state index is 6.01. The van der Waals surface area contributed by atoms with Gasteiger partial charge < -0.3 is 26.8 Å². The molecule has 7 nitrogen and oxygen atoms in total. The van der Waals surface area contributed by atoms with Gasteiger partial charge in [0.05, 0.1) is 12.2 Å². The number of rotatable bonds is 8. The van der Waals surface area contributed by atoms with Gasteiger partial charge in [0.15, 0.2) is 0 Å².